The number of carbonyl (C=O) groups excluding carboxylic acids is 1. The number of hydrogen-bond donors (Lipinski definition) is 2. The number of aliphatic hydroxyl groups is 1. The quantitative estimate of drug-likeness (QED) is 0.875. The number of nitrogens with one attached hydrogen (secondary N) is 1. The van der Waals surface area contributed by atoms with Crippen LogP contribution in [0.2, 0.25) is 5.02 Å². The maximum Gasteiger partial charge on any atom is 0.238 e. The van der Waals surface area contributed by atoms with E-state index in [0.29, 0.717) is 11.6 Å². The molecule has 0 saturated heterocycles. The summed E-state index contributed by atoms with van der Waals surface area (Å²) in [7, 11) is 1.92. The molecule has 1 aromatic carbocycles. The standard InChI is InChI=1S/C17H25ClN2O2/c1-12-14(18)7-5-8-15(12)19-17(22)11-20(2)10-13-6-3-4-9-16(13)21/h5,7-8,13,16,21H,3-4,6,9-11H2,1-2H3,(H,19,22). The molecule has 0 aromatic heterocycles. The predicted molar refractivity (Wildman–Crippen MR) is 90.3 cm³/mol. The van der Waals surface area contributed by atoms with Gasteiger partial charge >= 0.3 is 0 Å². The summed E-state index contributed by atoms with van der Waals surface area (Å²) in [4.78, 5) is 14.1. The first-order chi connectivity index (χ1) is 10.5. The molecule has 22 heavy (non-hydrogen) atoms. The number of hydrogen-bond acceptors (Lipinski definition) is 3. The van der Waals surface area contributed by atoms with Gasteiger partial charge in [-0.3, -0.25) is 9.69 Å². The average molecular weight is 325 g/mol. The summed E-state index contributed by atoms with van der Waals surface area (Å²) in [5.41, 5.74) is 1.63. The lowest BCUT2D eigenvalue weighted by molar-refractivity contribution is -0.117. The van der Waals surface area contributed by atoms with Crippen molar-refractivity contribution in [1.29, 1.82) is 0 Å². The monoisotopic (exact) mass is 324 g/mol. The minimum Gasteiger partial charge on any atom is -0.393 e. The molecule has 2 unspecified atom stereocenters. The molecule has 0 spiro atoms. The Balaban J connectivity index is 1.84. The molecular formula is C17H25ClN2O2. The summed E-state index contributed by atoms with van der Waals surface area (Å²) in [6.45, 7) is 2.96. The number of anilines is 1. The van der Waals surface area contributed by atoms with Crippen molar-refractivity contribution in [3.05, 3.63) is 28.8 Å². The number of benzene rings is 1. The molecule has 1 amide bonds. The van der Waals surface area contributed by atoms with E-state index in [2.05, 4.69) is 5.32 Å². The highest BCUT2D eigenvalue weighted by molar-refractivity contribution is 6.31. The van der Waals surface area contributed by atoms with Gasteiger partial charge in [0, 0.05) is 17.3 Å². The average Bonchev–Trinajstić information content (AvgIpc) is 2.46. The number of carbonyl (C=O) groups is 1. The van der Waals surface area contributed by atoms with Crippen LogP contribution >= 0.6 is 11.6 Å². The summed E-state index contributed by atoms with van der Waals surface area (Å²) in [5.74, 6) is 0.220. The smallest absolute Gasteiger partial charge is 0.238 e. The minimum atomic E-state index is -0.227. The van der Waals surface area contributed by atoms with E-state index in [1.165, 1.54) is 6.42 Å². The van der Waals surface area contributed by atoms with Gasteiger partial charge in [-0.25, -0.2) is 0 Å². The van der Waals surface area contributed by atoms with Gasteiger partial charge in [0.2, 0.25) is 5.91 Å². The highest BCUT2D eigenvalue weighted by atomic mass is 35.5. The van der Waals surface area contributed by atoms with E-state index in [4.69, 9.17) is 11.6 Å². The number of amides is 1. The van der Waals surface area contributed by atoms with Gasteiger partial charge in [0.1, 0.15) is 0 Å². The van der Waals surface area contributed by atoms with Crippen LogP contribution in [0.1, 0.15) is 31.2 Å². The van der Waals surface area contributed by atoms with Crippen molar-refractivity contribution in [1.82, 2.24) is 4.90 Å². The van der Waals surface area contributed by atoms with E-state index >= 15 is 0 Å². The van der Waals surface area contributed by atoms with Gasteiger partial charge in [-0.1, -0.05) is 30.5 Å². The molecule has 1 aliphatic rings. The molecule has 4 nitrogen and oxygen atoms in total. The van der Waals surface area contributed by atoms with E-state index in [9.17, 15) is 9.90 Å². The molecule has 1 saturated carbocycles. The number of halogens is 1. The van der Waals surface area contributed by atoms with E-state index in [-0.39, 0.29) is 17.9 Å². The fraction of sp³-hybridized carbons (Fsp3) is 0.588. The van der Waals surface area contributed by atoms with Crippen molar-refractivity contribution >= 4 is 23.2 Å². The molecule has 2 atom stereocenters. The highest BCUT2D eigenvalue weighted by Crippen LogP contribution is 2.25. The first kappa shape index (κ1) is 17.3. The topological polar surface area (TPSA) is 52.6 Å². The Labute approximate surface area is 137 Å². The van der Waals surface area contributed by atoms with E-state index in [0.717, 1.165) is 37.1 Å². The lowest BCUT2D eigenvalue weighted by Gasteiger charge is -2.31. The number of likely N-dealkylation sites (N-methyl/N-ethyl adjacent to an activating group) is 1. The Kier molecular flexibility index (Phi) is 6.24. The summed E-state index contributed by atoms with van der Waals surface area (Å²) in [5, 5.41) is 13.6. The summed E-state index contributed by atoms with van der Waals surface area (Å²) in [6.07, 6.45) is 3.97. The van der Waals surface area contributed by atoms with Crippen LogP contribution in [0.15, 0.2) is 18.2 Å². The molecule has 2 rings (SSSR count). The maximum absolute atomic E-state index is 12.2. The van der Waals surface area contributed by atoms with Crippen LogP contribution in [0.3, 0.4) is 0 Å². The van der Waals surface area contributed by atoms with Crippen LogP contribution in [0.25, 0.3) is 0 Å². The van der Waals surface area contributed by atoms with Crippen LogP contribution in [0.5, 0.6) is 0 Å². The zero-order chi connectivity index (χ0) is 16.1. The Hall–Kier alpha value is -1.10. The number of aliphatic hydroxyl groups excluding tert-OH is 1. The van der Waals surface area contributed by atoms with E-state index < -0.39 is 0 Å². The SMILES string of the molecule is Cc1c(Cl)cccc1NC(=O)CN(C)CC1CCCCC1O. The van der Waals surface area contributed by atoms with E-state index in [1.54, 1.807) is 0 Å². The number of nitrogens with zero attached hydrogens (tertiary/aromatic N) is 1. The van der Waals surface area contributed by atoms with Crippen molar-refractivity contribution in [3.8, 4) is 0 Å². The molecule has 1 aromatic rings. The van der Waals surface area contributed by atoms with Crippen molar-refractivity contribution in [2.24, 2.45) is 5.92 Å². The second kappa shape index (κ2) is 7.95. The van der Waals surface area contributed by atoms with Gasteiger partial charge in [0.15, 0.2) is 0 Å². The second-order valence-corrected chi connectivity index (χ2v) is 6.68. The largest absolute Gasteiger partial charge is 0.393 e. The molecule has 0 heterocycles. The van der Waals surface area contributed by atoms with Gasteiger partial charge in [-0.15, -0.1) is 0 Å². The van der Waals surface area contributed by atoms with E-state index in [1.807, 2.05) is 37.1 Å². The van der Waals surface area contributed by atoms with Gasteiger partial charge in [0.25, 0.3) is 0 Å². The van der Waals surface area contributed by atoms with Crippen molar-refractivity contribution in [3.63, 3.8) is 0 Å². The molecule has 0 aliphatic heterocycles. The third kappa shape index (κ3) is 4.70. The van der Waals surface area contributed by atoms with Crippen LogP contribution in [-0.2, 0) is 4.79 Å². The Bertz CT molecular complexity index is 521. The number of rotatable bonds is 5. The molecule has 2 N–H and O–H groups in total. The second-order valence-electron chi connectivity index (χ2n) is 6.27. The molecule has 122 valence electrons. The van der Waals surface area contributed by atoms with Crippen LogP contribution in [0, 0.1) is 12.8 Å². The first-order valence-corrected chi connectivity index (χ1v) is 8.26. The third-order valence-electron chi connectivity index (χ3n) is 4.37. The summed E-state index contributed by atoms with van der Waals surface area (Å²) < 4.78 is 0. The molecule has 1 fully saturated rings. The molecule has 0 bridgehead atoms. The van der Waals surface area contributed by atoms with Gasteiger partial charge < -0.3 is 10.4 Å². The Morgan fingerprint density at radius 1 is 1.41 bits per heavy atom. The van der Waals surface area contributed by atoms with Gasteiger partial charge in [0.05, 0.1) is 12.6 Å². The maximum atomic E-state index is 12.2. The minimum absolute atomic E-state index is 0.0573. The van der Waals surface area contributed by atoms with Crippen LogP contribution in [-0.4, -0.2) is 42.2 Å². The zero-order valence-electron chi connectivity index (χ0n) is 13.3. The normalized spacial score (nSPS) is 21.9. The highest BCUT2D eigenvalue weighted by Gasteiger charge is 2.24. The first-order valence-electron chi connectivity index (χ1n) is 7.89. The van der Waals surface area contributed by atoms with Gasteiger partial charge in [-0.05, 0) is 50.4 Å². The fourth-order valence-corrected chi connectivity index (χ4v) is 3.22. The lowest BCUT2D eigenvalue weighted by atomic mass is 9.86. The fourth-order valence-electron chi connectivity index (χ4n) is 3.04. The Morgan fingerprint density at radius 3 is 2.86 bits per heavy atom. The van der Waals surface area contributed by atoms with Crippen LogP contribution in [0.4, 0.5) is 5.69 Å². The van der Waals surface area contributed by atoms with Crippen LogP contribution < -0.4 is 5.32 Å². The molecular weight excluding hydrogens is 300 g/mol. The summed E-state index contributed by atoms with van der Waals surface area (Å²) >= 11 is 6.06. The van der Waals surface area contributed by atoms with Crippen molar-refractivity contribution < 1.29 is 9.90 Å². The summed E-state index contributed by atoms with van der Waals surface area (Å²) in [6, 6.07) is 5.49. The molecule has 1 aliphatic carbocycles. The molecule has 0 radical (unpaired) electrons. The van der Waals surface area contributed by atoms with Crippen molar-refractivity contribution in [2.75, 3.05) is 25.5 Å². The van der Waals surface area contributed by atoms with Crippen molar-refractivity contribution in [2.45, 2.75) is 38.7 Å². The lowest BCUT2D eigenvalue weighted by Crippen LogP contribution is -2.38. The van der Waals surface area contributed by atoms with Gasteiger partial charge in [-0.2, -0.15) is 0 Å². The predicted octanol–water partition coefficient (Wildman–Crippen LogP) is 3.07. The Morgan fingerprint density at radius 2 is 2.14 bits per heavy atom. The molecule has 5 heteroatoms. The third-order valence-corrected chi connectivity index (χ3v) is 4.78. The zero-order valence-corrected chi connectivity index (χ0v) is 14.1.